The fourth-order valence-electron chi connectivity index (χ4n) is 2.01. The SMILES string of the molecule is CC.CC(C)c1c(F)c(F)c2c(F)c(F)c(F)c(F)c2c1F. The molecular weight excluding hydrogens is 313 g/mol. The first-order chi connectivity index (χ1) is 10.2. The smallest absolute Gasteiger partial charge is 0.198 e. The molecule has 122 valence electrons. The van der Waals surface area contributed by atoms with E-state index < -0.39 is 63.0 Å². The Morgan fingerprint density at radius 1 is 0.500 bits per heavy atom. The Hall–Kier alpha value is -1.79. The van der Waals surface area contributed by atoms with E-state index in [1.165, 1.54) is 13.8 Å². The molecule has 2 aromatic rings. The second-order valence-electron chi connectivity index (χ2n) is 4.52. The van der Waals surface area contributed by atoms with Crippen LogP contribution in [-0.4, -0.2) is 0 Å². The summed E-state index contributed by atoms with van der Waals surface area (Å²) in [4.78, 5) is 0. The molecule has 0 bridgehead atoms. The van der Waals surface area contributed by atoms with Gasteiger partial charge in [0.15, 0.2) is 34.9 Å². The molecule has 0 heterocycles. The van der Waals surface area contributed by atoms with Gasteiger partial charge in [-0.2, -0.15) is 0 Å². The molecule has 0 amide bonds. The van der Waals surface area contributed by atoms with Crippen molar-refractivity contribution in [3.63, 3.8) is 0 Å². The van der Waals surface area contributed by atoms with Gasteiger partial charge in [0.1, 0.15) is 5.82 Å². The van der Waals surface area contributed by atoms with Gasteiger partial charge >= 0.3 is 0 Å². The summed E-state index contributed by atoms with van der Waals surface area (Å²) in [6, 6.07) is 0. The Kier molecular flexibility index (Phi) is 5.43. The van der Waals surface area contributed by atoms with Crippen LogP contribution in [-0.2, 0) is 0 Å². The lowest BCUT2D eigenvalue weighted by molar-refractivity contribution is 0.410. The number of hydrogen-bond donors (Lipinski definition) is 0. The summed E-state index contributed by atoms with van der Waals surface area (Å²) >= 11 is 0. The van der Waals surface area contributed by atoms with Crippen LogP contribution in [0.4, 0.5) is 30.7 Å². The molecule has 0 aliphatic heterocycles. The van der Waals surface area contributed by atoms with Gasteiger partial charge in [0.05, 0.1) is 10.8 Å². The summed E-state index contributed by atoms with van der Waals surface area (Å²) in [5.41, 5.74) is -0.862. The van der Waals surface area contributed by atoms with Crippen molar-refractivity contribution in [1.82, 2.24) is 0 Å². The number of benzene rings is 2. The lowest BCUT2D eigenvalue weighted by Gasteiger charge is -2.14. The van der Waals surface area contributed by atoms with E-state index in [1.54, 1.807) is 0 Å². The van der Waals surface area contributed by atoms with Gasteiger partial charge in [0.25, 0.3) is 0 Å². The van der Waals surface area contributed by atoms with Gasteiger partial charge in [-0.05, 0) is 5.92 Å². The van der Waals surface area contributed by atoms with Crippen LogP contribution < -0.4 is 0 Å². The summed E-state index contributed by atoms with van der Waals surface area (Å²) in [5, 5.41) is -3.02. The fraction of sp³-hybridized carbons (Fsp3) is 0.333. The molecule has 2 rings (SSSR count). The average molecular weight is 326 g/mol. The van der Waals surface area contributed by atoms with Crippen LogP contribution in [0.3, 0.4) is 0 Å². The second-order valence-corrected chi connectivity index (χ2v) is 4.52. The minimum Gasteiger partial charge on any atom is -0.206 e. The van der Waals surface area contributed by atoms with Crippen LogP contribution in [0, 0.1) is 40.7 Å². The molecule has 0 atom stereocenters. The molecular formula is C15H13F7. The molecule has 0 N–H and O–H groups in total. The van der Waals surface area contributed by atoms with Crippen LogP contribution >= 0.6 is 0 Å². The van der Waals surface area contributed by atoms with Gasteiger partial charge < -0.3 is 0 Å². The largest absolute Gasteiger partial charge is 0.206 e. The van der Waals surface area contributed by atoms with Crippen molar-refractivity contribution in [3.8, 4) is 0 Å². The quantitative estimate of drug-likeness (QED) is 0.344. The van der Waals surface area contributed by atoms with E-state index >= 15 is 0 Å². The molecule has 0 spiro atoms. The van der Waals surface area contributed by atoms with E-state index in [-0.39, 0.29) is 0 Å². The molecule has 0 saturated carbocycles. The molecule has 0 saturated heterocycles. The normalized spacial score (nSPS) is 10.9. The Bertz CT molecular complexity index is 720. The Balaban J connectivity index is 0.00000116. The molecule has 0 nitrogen and oxygen atoms in total. The van der Waals surface area contributed by atoms with Gasteiger partial charge in [-0.15, -0.1) is 0 Å². The molecule has 0 aliphatic carbocycles. The van der Waals surface area contributed by atoms with Crippen LogP contribution in [0.25, 0.3) is 10.8 Å². The van der Waals surface area contributed by atoms with E-state index in [2.05, 4.69) is 0 Å². The molecule has 0 radical (unpaired) electrons. The number of hydrogen-bond acceptors (Lipinski definition) is 0. The Labute approximate surface area is 122 Å². The van der Waals surface area contributed by atoms with Crippen molar-refractivity contribution < 1.29 is 30.7 Å². The first-order valence-corrected chi connectivity index (χ1v) is 6.52. The zero-order valence-corrected chi connectivity index (χ0v) is 12.2. The molecule has 0 aromatic heterocycles. The molecule has 0 fully saturated rings. The lowest BCUT2D eigenvalue weighted by Crippen LogP contribution is -2.08. The zero-order valence-electron chi connectivity index (χ0n) is 12.2. The highest BCUT2D eigenvalue weighted by Crippen LogP contribution is 2.36. The third kappa shape index (κ3) is 2.53. The maximum absolute atomic E-state index is 14.0. The summed E-state index contributed by atoms with van der Waals surface area (Å²) in [6.45, 7) is 6.56. The summed E-state index contributed by atoms with van der Waals surface area (Å²) in [7, 11) is 0. The van der Waals surface area contributed by atoms with Gasteiger partial charge in [0, 0.05) is 5.56 Å². The Morgan fingerprint density at radius 2 is 0.818 bits per heavy atom. The first-order valence-electron chi connectivity index (χ1n) is 6.52. The van der Waals surface area contributed by atoms with Crippen LogP contribution in [0.5, 0.6) is 0 Å². The highest BCUT2D eigenvalue weighted by molar-refractivity contribution is 5.86. The predicted octanol–water partition coefficient (Wildman–Crippen LogP) is 5.96. The topological polar surface area (TPSA) is 0 Å². The molecule has 7 heteroatoms. The lowest BCUT2D eigenvalue weighted by atomic mass is 9.96. The highest BCUT2D eigenvalue weighted by atomic mass is 19.2. The van der Waals surface area contributed by atoms with Crippen molar-refractivity contribution in [2.24, 2.45) is 0 Å². The van der Waals surface area contributed by atoms with Gasteiger partial charge in [-0.3, -0.25) is 0 Å². The van der Waals surface area contributed by atoms with Crippen LogP contribution in [0.2, 0.25) is 0 Å². The van der Waals surface area contributed by atoms with E-state index in [1.807, 2.05) is 13.8 Å². The van der Waals surface area contributed by atoms with Crippen molar-refractivity contribution in [2.45, 2.75) is 33.6 Å². The van der Waals surface area contributed by atoms with Crippen molar-refractivity contribution in [3.05, 3.63) is 46.3 Å². The maximum atomic E-state index is 14.0. The third-order valence-corrected chi connectivity index (χ3v) is 2.95. The number of rotatable bonds is 1. The van der Waals surface area contributed by atoms with E-state index in [4.69, 9.17) is 0 Å². The molecule has 2 aromatic carbocycles. The van der Waals surface area contributed by atoms with Gasteiger partial charge in [-0.25, -0.2) is 30.7 Å². The predicted molar refractivity (Wildman–Crippen MR) is 69.1 cm³/mol. The highest BCUT2D eigenvalue weighted by Gasteiger charge is 2.30. The van der Waals surface area contributed by atoms with Gasteiger partial charge in [0.2, 0.25) is 0 Å². The summed E-state index contributed by atoms with van der Waals surface area (Å²) < 4.78 is 94.5. The monoisotopic (exact) mass is 326 g/mol. The standard InChI is InChI=1S/C13H7F7.C2H6/c1-3(2)4-7(14)5-6(9(16)8(4)15)11(18)13(20)12(19)10(5)17;1-2/h3H,1-2H3;1-2H3. The molecule has 0 aliphatic rings. The Morgan fingerprint density at radius 3 is 1.18 bits per heavy atom. The minimum atomic E-state index is -2.33. The van der Waals surface area contributed by atoms with E-state index in [0.717, 1.165) is 0 Å². The van der Waals surface area contributed by atoms with E-state index in [0.29, 0.717) is 0 Å². The van der Waals surface area contributed by atoms with Crippen LogP contribution in [0.1, 0.15) is 39.2 Å². The zero-order chi connectivity index (χ0) is 17.4. The second kappa shape index (κ2) is 6.54. The average Bonchev–Trinajstić information content (AvgIpc) is 2.48. The number of halogens is 7. The summed E-state index contributed by atoms with van der Waals surface area (Å²) in [5.74, 6) is -15.2. The van der Waals surface area contributed by atoms with Crippen molar-refractivity contribution >= 4 is 10.8 Å². The third-order valence-electron chi connectivity index (χ3n) is 2.95. The first kappa shape index (κ1) is 18.3. The fourth-order valence-corrected chi connectivity index (χ4v) is 2.01. The van der Waals surface area contributed by atoms with Crippen molar-refractivity contribution in [1.29, 1.82) is 0 Å². The summed E-state index contributed by atoms with van der Waals surface area (Å²) in [6.07, 6.45) is 0. The maximum Gasteiger partial charge on any atom is 0.198 e. The van der Waals surface area contributed by atoms with Gasteiger partial charge in [-0.1, -0.05) is 27.7 Å². The minimum absolute atomic E-state index is 0.862. The number of fused-ring (bicyclic) bond motifs is 1. The van der Waals surface area contributed by atoms with E-state index in [9.17, 15) is 30.7 Å². The van der Waals surface area contributed by atoms with Crippen LogP contribution in [0.15, 0.2) is 0 Å². The molecule has 22 heavy (non-hydrogen) atoms. The van der Waals surface area contributed by atoms with Crippen molar-refractivity contribution in [2.75, 3.05) is 0 Å². The molecule has 0 unspecified atom stereocenters.